The number of halogens is 2. The van der Waals surface area contributed by atoms with Crippen LogP contribution in [0.25, 0.3) is 0 Å². The number of allylic oxidation sites excluding steroid dienone is 2. The van der Waals surface area contributed by atoms with Crippen molar-refractivity contribution in [2.75, 3.05) is 48.1 Å². The van der Waals surface area contributed by atoms with Gasteiger partial charge in [0.25, 0.3) is 5.69 Å². The van der Waals surface area contributed by atoms with Gasteiger partial charge in [0, 0.05) is 34.6 Å². The Morgan fingerprint density at radius 1 is 0.953 bits per heavy atom. The van der Waals surface area contributed by atoms with Gasteiger partial charge >= 0.3 is 17.9 Å². The van der Waals surface area contributed by atoms with E-state index in [4.69, 9.17) is 30.5 Å². The summed E-state index contributed by atoms with van der Waals surface area (Å²) in [7, 11) is 6.25. The Hall–Kier alpha value is -4.13. The Kier molecular flexibility index (Phi) is 15.2. The van der Waals surface area contributed by atoms with Gasteiger partial charge in [-0.05, 0) is 52.2 Å². The fourth-order valence-corrected chi connectivity index (χ4v) is 4.15. The van der Waals surface area contributed by atoms with Gasteiger partial charge in [0.05, 0.1) is 36.2 Å². The molecule has 3 rings (SSSR count). The number of carbonyl (C=O) groups is 3. The average molecular weight is 641 g/mol. The second kappa shape index (κ2) is 17.7. The highest BCUT2D eigenvalue weighted by atomic mass is 35.5. The number of nitrogens with zero attached hydrogens (tertiary/aromatic N) is 2. The number of esters is 3. The molecule has 0 fully saturated rings. The predicted molar refractivity (Wildman–Crippen MR) is 162 cm³/mol. The lowest BCUT2D eigenvalue weighted by molar-refractivity contribution is -0.385. The summed E-state index contributed by atoms with van der Waals surface area (Å²) in [5.74, 6) is -2.10. The second-order valence-electron chi connectivity index (χ2n) is 9.20. The van der Waals surface area contributed by atoms with Crippen LogP contribution in [0.2, 0.25) is 5.02 Å². The topological polar surface area (TPSA) is 147 Å². The van der Waals surface area contributed by atoms with E-state index in [2.05, 4.69) is 5.32 Å². The summed E-state index contributed by atoms with van der Waals surface area (Å²) in [5, 5.41) is 15.0. The molecule has 12 nitrogen and oxygen atoms in total. The number of dihydropyridines is 1. The molecule has 0 aliphatic carbocycles. The second-order valence-corrected chi connectivity index (χ2v) is 9.64. The van der Waals surface area contributed by atoms with E-state index < -0.39 is 22.8 Å². The molecule has 0 atom stereocenters. The van der Waals surface area contributed by atoms with E-state index in [0.29, 0.717) is 35.3 Å². The van der Waals surface area contributed by atoms with Crippen LogP contribution in [0.3, 0.4) is 0 Å². The Morgan fingerprint density at radius 3 is 1.98 bits per heavy atom. The Morgan fingerprint density at radius 2 is 1.49 bits per heavy atom. The molecule has 14 heteroatoms. The summed E-state index contributed by atoms with van der Waals surface area (Å²) in [6.45, 7) is 4.27. The lowest BCUT2D eigenvalue weighted by atomic mass is 9.79. The van der Waals surface area contributed by atoms with Crippen molar-refractivity contribution in [3.05, 3.63) is 91.8 Å². The number of hydrogen-bond donors (Lipinski definition) is 1. The number of hydrogen-bond acceptors (Lipinski definition) is 11. The lowest BCUT2D eigenvalue weighted by Crippen LogP contribution is -2.32. The van der Waals surface area contributed by atoms with Crippen molar-refractivity contribution in [1.82, 2.24) is 10.2 Å². The van der Waals surface area contributed by atoms with Crippen molar-refractivity contribution in [2.45, 2.75) is 19.8 Å². The number of carbonyl (C=O) groups excluding carboxylic acids is 3. The molecule has 234 valence electrons. The van der Waals surface area contributed by atoms with Crippen LogP contribution >= 0.6 is 24.0 Å². The van der Waals surface area contributed by atoms with Gasteiger partial charge in [-0.25, -0.2) is 14.4 Å². The van der Waals surface area contributed by atoms with Crippen LogP contribution in [0.15, 0.2) is 71.1 Å². The number of benzene rings is 2. The van der Waals surface area contributed by atoms with Gasteiger partial charge in [-0.3, -0.25) is 10.1 Å². The van der Waals surface area contributed by atoms with E-state index in [1.165, 1.54) is 32.4 Å². The molecule has 2 aromatic rings. The van der Waals surface area contributed by atoms with E-state index in [-0.39, 0.29) is 47.4 Å². The van der Waals surface area contributed by atoms with Crippen LogP contribution in [-0.4, -0.2) is 75.8 Å². The molecular weight excluding hydrogens is 605 g/mol. The largest absolute Gasteiger partial charge is 0.482 e. The molecule has 0 bridgehead atoms. The molecule has 1 aliphatic rings. The number of para-hydroxylation sites is 1. The van der Waals surface area contributed by atoms with Gasteiger partial charge in [-0.1, -0.05) is 29.8 Å². The highest BCUT2D eigenvalue weighted by Gasteiger charge is 2.40. The molecule has 0 unspecified atom stereocenters. The number of nitrogens with one attached hydrogen (secondary N) is 1. The maximum atomic E-state index is 12.3. The Bertz CT molecular complexity index is 1320. The molecule has 0 amide bonds. The van der Waals surface area contributed by atoms with Crippen LogP contribution in [0.4, 0.5) is 5.69 Å². The third kappa shape index (κ3) is 10.6. The van der Waals surface area contributed by atoms with Gasteiger partial charge in [-0.2, -0.15) is 0 Å². The molecular formula is C29H35Cl2N3O9. The minimum atomic E-state index is -0.970. The van der Waals surface area contributed by atoms with E-state index in [0.717, 1.165) is 0 Å². The molecule has 1 heterocycles. The summed E-state index contributed by atoms with van der Waals surface area (Å²) >= 11 is 5.72. The first-order valence-corrected chi connectivity index (χ1v) is 13.1. The average Bonchev–Trinajstić information content (AvgIpc) is 2.95. The fourth-order valence-electron chi connectivity index (χ4n) is 4.02. The standard InChI is InChI=1S/C17H18N2O6.C12H16ClNO3.ClH/c1-9-13(16(20)24-3)15(14(10(2)18-9)17(21)25-4)11-7-5-6-8-12(11)19(22)23;1-14(2)7-8-16-12(15)9-17-11-5-3-10(13)4-6-11;/h5-8,15,18H,1-4H3;3-6H,7-9H2,1-2H3;1H. The zero-order valence-electron chi connectivity index (χ0n) is 24.7. The van der Waals surface area contributed by atoms with Gasteiger partial charge in [0.2, 0.25) is 0 Å². The molecule has 0 saturated heterocycles. The van der Waals surface area contributed by atoms with Gasteiger partial charge in [0.15, 0.2) is 6.61 Å². The molecule has 43 heavy (non-hydrogen) atoms. The number of ether oxygens (including phenoxy) is 4. The van der Waals surface area contributed by atoms with Crippen LogP contribution in [-0.2, 0) is 28.6 Å². The smallest absolute Gasteiger partial charge is 0.344 e. The zero-order valence-corrected chi connectivity index (χ0v) is 26.2. The SMILES string of the molecule is CN(C)CCOC(=O)COc1ccc(Cl)cc1.COC(=O)C1=C(C)NC(C)=C(C(=O)OC)C1c1ccccc1[N+](=O)[O-].Cl. The number of methoxy groups -OCH3 is 2. The number of rotatable bonds is 10. The van der Waals surface area contributed by atoms with Gasteiger partial charge in [-0.15, -0.1) is 12.4 Å². The number of nitro benzene ring substituents is 1. The molecule has 2 aromatic carbocycles. The minimum absolute atomic E-state index is 0. The first-order chi connectivity index (χ1) is 19.9. The van der Waals surface area contributed by atoms with Crippen LogP contribution in [0.1, 0.15) is 25.3 Å². The third-order valence-electron chi connectivity index (χ3n) is 5.99. The Balaban J connectivity index is 0.000000451. The predicted octanol–water partition coefficient (Wildman–Crippen LogP) is 4.42. The zero-order chi connectivity index (χ0) is 31.4. The molecule has 1 aliphatic heterocycles. The number of nitro groups is 1. The van der Waals surface area contributed by atoms with Gasteiger partial charge in [0.1, 0.15) is 12.4 Å². The molecule has 0 spiro atoms. The summed E-state index contributed by atoms with van der Waals surface area (Å²) in [5.41, 5.74) is 1.19. The Labute approximate surface area is 261 Å². The highest BCUT2D eigenvalue weighted by molar-refractivity contribution is 6.30. The lowest BCUT2D eigenvalue weighted by Gasteiger charge is -2.29. The molecule has 0 radical (unpaired) electrons. The maximum Gasteiger partial charge on any atom is 0.344 e. The van der Waals surface area contributed by atoms with Crippen molar-refractivity contribution < 1.29 is 38.3 Å². The fraction of sp³-hybridized carbons (Fsp3) is 0.345. The first-order valence-electron chi connectivity index (χ1n) is 12.7. The van der Waals surface area contributed by atoms with Crippen molar-refractivity contribution in [1.29, 1.82) is 0 Å². The molecule has 0 saturated carbocycles. The quantitative estimate of drug-likeness (QED) is 0.170. The van der Waals surface area contributed by atoms with E-state index in [1.807, 2.05) is 19.0 Å². The van der Waals surface area contributed by atoms with Crippen molar-refractivity contribution in [2.24, 2.45) is 0 Å². The van der Waals surface area contributed by atoms with Crippen LogP contribution in [0, 0.1) is 10.1 Å². The van der Waals surface area contributed by atoms with Gasteiger partial charge < -0.3 is 29.2 Å². The van der Waals surface area contributed by atoms with E-state index in [1.54, 1.807) is 44.2 Å². The summed E-state index contributed by atoms with van der Waals surface area (Å²) in [6, 6.07) is 12.8. The summed E-state index contributed by atoms with van der Waals surface area (Å²) < 4.78 is 19.9. The van der Waals surface area contributed by atoms with Crippen molar-refractivity contribution in [3.63, 3.8) is 0 Å². The monoisotopic (exact) mass is 639 g/mol. The van der Waals surface area contributed by atoms with E-state index in [9.17, 15) is 24.5 Å². The molecule has 1 N–H and O–H groups in total. The molecule has 0 aromatic heterocycles. The maximum absolute atomic E-state index is 12.3. The summed E-state index contributed by atoms with van der Waals surface area (Å²) in [4.78, 5) is 48.8. The minimum Gasteiger partial charge on any atom is -0.482 e. The van der Waals surface area contributed by atoms with E-state index >= 15 is 0 Å². The summed E-state index contributed by atoms with van der Waals surface area (Å²) in [6.07, 6.45) is 0. The van der Waals surface area contributed by atoms with Crippen LogP contribution < -0.4 is 10.1 Å². The van der Waals surface area contributed by atoms with Crippen LogP contribution in [0.5, 0.6) is 5.75 Å². The number of likely N-dealkylation sites (N-methyl/N-ethyl adjacent to an activating group) is 1. The normalized spacial score (nSPS) is 12.7. The van der Waals surface area contributed by atoms with Crippen molar-refractivity contribution >= 4 is 47.6 Å². The third-order valence-corrected chi connectivity index (χ3v) is 6.24. The highest BCUT2D eigenvalue weighted by Crippen LogP contribution is 2.42. The first kappa shape index (κ1) is 36.9. The van der Waals surface area contributed by atoms with Crippen molar-refractivity contribution in [3.8, 4) is 5.75 Å².